The van der Waals surface area contributed by atoms with Crippen molar-refractivity contribution in [3.63, 3.8) is 0 Å². The van der Waals surface area contributed by atoms with E-state index in [0.29, 0.717) is 63.5 Å². The van der Waals surface area contributed by atoms with E-state index >= 15 is 0 Å². The van der Waals surface area contributed by atoms with Crippen LogP contribution >= 0.6 is 11.8 Å². The summed E-state index contributed by atoms with van der Waals surface area (Å²) in [6.45, 7) is 16.1. The van der Waals surface area contributed by atoms with Gasteiger partial charge in [0.2, 0.25) is 100 Å². The Morgan fingerprint density at radius 2 is 0.744 bits per heavy atom. The Kier molecular flexibility index (Phi) is 51.3. The van der Waals surface area contributed by atoms with Crippen LogP contribution in [0.5, 0.6) is 0 Å². The first kappa shape index (κ1) is 107. The van der Waals surface area contributed by atoms with Crippen molar-refractivity contribution < 1.29 is 81.5 Å². The number of amides is 17. The number of hydrogen-bond donors (Lipinski definition) is 23. The smallest absolute Gasteiger partial charge is 0.243 e. The molecule has 41 heteroatoms. The number of carbonyl (C=O) groups excluding carboxylic acids is 17. The minimum atomic E-state index is -1.75. The molecule has 14 atom stereocenters. The van der Waals surface area contributed by atoms with Gasteiger partial charge in [0.05, 0.1) is 32.1 Å². The number of unbranched alkanes of at least 4 members (excludes halogenated alkanes) is 4. The van der Waals surface area contributed by atoms with Crippen molar-refractivity contribution in [3.8, 4) is 0 Å². The number of thioether (sulfide) groups is 1. The van der Waals surface area contributed by atoms with E-state index in [1.165, 1.54) is 25.6 Å². The van der Waals surface area contributed by atoms with Crippen molar-refractivity contribution in [1.82, 2.24) is 84.7 Å². The fourth-order valence-corrected chi connectivity index (χ4v) is 13.2. The third-order valence-electron chi connectivity index (χ3n) is 19.7. The highest BCUT2D eigenvalue weighted by Gasteiger charge is 2.38. The van der Waals surface area contributed by atoms with Gasteiger partial charge >= 0.3 is 0 Å². The van der Waals surface area contributed by atoms with Crippen LogP contribution in [0.15, 0.2) is 30.5 Å². The molecule has 0 aliphatic heterocycles. The average Bonchev–Trinajstić information content (AvgIpc) is 1.68. The van der Waals surface area contributed by atoms with Crippen molar-refractivity contribution in [1.29, 1.82) is 0 Å². The Balaban J connectivity index is 2.35. The van der Waals surface area contributed by atoms with Gasteiger partial charge in [-0.15, -0.1) is 0 Å². The predicted octanol–water partition coefficient (Wildman–Crippen LogP) is -3.94. The Labute approximate surface area is 713 Å². The summed E-state index contributed by atoms with van der Waals surface area (Å²) < 4.78 is 0. The van der Waals surface area contributed by atoms with Gasteiger partial charge in [0.25, 0.3) is 0 Å². The number of rotatable bonds is 62. The lowest BCUT2D eigenvalue weighted by Gasteiger charge is -2.28. The number of primary amides is 2. The molecule has 0 bridgehead atoms. The minimum absolute atomic E-state index is 0.000303. The molecule has 0 aliphatic rings. The Morgan fingerprint density at radius 1 is 0.388 bits per heavy atom. The highest BCUT2D eigenvalue weighted by atomic mass is 32.2. The minimum Gasteiger partial charge on any atom is -0.370 e. The van der Waals surface area contributed by atoms with Crippen LogP contribution in [0.25, 0.3) is 10.9 Å². The second-order valence-electron chi connectivity index (χ2n) is 31.8. The summed E-state index contributed by atoms with van der Waals surface area (Å²) >= 11 is 1.31. The van der Waals surface area contributed by atoms with E-state index in [1.54, 1.807) is 60.1 Å². The lowest BCUT2D eigenvalue weighted by atomic mass is 9.98. The molecule has 2 rings (SSSR count). The maximum Gasteiger partial charge on any atom is 0.243 e. The molecule has 1 heterocycles. The van der Waals surface area contributed by atoms with Crippen LogP contribution in [0.1, 0.15) is 190 Å². The Bertz CT molecular complexity index is 3700. The number of carbonyl (C=O) groups is 17. The van der Waals surface area contributed by atoms with E-state index in [0.717, 1.165) is 10.9 Å². The van der Waals surface area contributed by atoms with Crippen molar-refractivity contribution in [2.45, 2.75) is 270 Å². The second-order valence-corrected chi connectivity index (χ2v) is 32.8. The van der Waals surface area contributed by atoms with E-state index in [9.17, 15) is 81.5 Å². The molecule has 0 radical (unpaired) electrons. The second kappa shape index (κ2) is 58.0. The normalized spacial score (nSPS) is 14.8. The monoisotopic (exact) mass is 1730 g/mol. The number of nitrogens with two attached hydrogens (primary N) is 7. The number of hydrogen-bond acceptors (Lipinski definition) is 23. The standard InChI is InChI=1S/C80H139N23O17S/c1-12-47(8)67(80(120)91-42-65(106)94-55(27-17-21-32-83)72(112)99-58(35-44(2)3)75(115)92-49(10)70(110)89-41-64(105)93-53(68(87)108)25-15-19-30-81)103-66(107)43-90-71(111)54(26-16-20-31-82)95-76(116)60(37-46(6)7)100-74(114)57(29-34-121-11)97-79(119)62(39-63(86)104)102-73(113)56(28-18-22-33-84)96-78(118)61(38-50-40-88-52-24-14-13-23-51(50)52)101-77(117)59(36-45(4)5)98-69(109)48(9)85/h13-14,23-24,40,44-49,53-62,67,88H,12,15-22,25-39,41-43,81-85H2,1-11H3,(H2,86,104)(H2,87,108)(H,89,110)(H,90,111)(H,91,120)(H,92,115)(H,93,105)(H,94,106)(H,95,116)(H,96,118)(H,97,119)(H,98,109)(H,99,112)(H,100,114)(H,101,117)(H,102,113)(H,103,107)/t47-,48-,49-,53-,54-,55-,56-,57-,58-,59-,60-,61-,62-,67-/m0/s1. The summed E-state index contributed by atoms with van der Waals surface area (Å²) in [6, 6.07) is -9.45. The lowest BCUT2D eigenvalue weighted by Crippen LogP contribution is -2.61. The van der Waals surface area contributed by atoms with Crippen molar-refractivity contribution in [3.05, 3.63) is 36.0 Å². The molecule has 40 nitrogen and oxygen atoms in total. The first-order chi connectivity index (χ1) is 57.2. The number of H-pyrrole nitrogens is 1. The molecule has 0 saturated heterocycles. The number of nitrogens with one attached hydrogen (secondary N) is 16. The summed E-state index contributed by atoms with van der Waals surface area (Å²) in [6.07, 6.45) is 6.62. The molecule has 682 valence electrons. The van der Waals surface area contributed by atoms with Gasteiger partial charge in [-0.1, -0.05) is 80.0 Å². The molecular weight excluding hydrogens is 1590 g/mol. The highest BCUT2D eigenvalue weighted by Crippen LogP contribution is 2.21. The molecule has 2 aromatic rings. The molecule has 0 fully saturated rings. The summed E-state index contributed by atoms with van der Waals surface area (Å²) in [5.41, 5.74) is 41.3. The number of aromatic nitrogens is 1. The van der Waals surface area contributed by atoms with Crippen LogP contribution in [0.2, 0.25) is 0 Å². The van der Waals surface area contributed by atoms with E-state index < -0.39 is 211 Å². The largest absolute Gasteiger partial charge is 0.370 e. The lowest BCUT2D eigenvalue weighted by molar-refractivity contribution is -0.136. The van der Waals surface area contributed by atoms with Gasteiger partial charge in [-0.3, -0.25) is 81.5 Å². The van der Waals surface area contributed by atoms with Gasteiger partial charge in [0.1, 0.15) is 72.5 Å². The first-order valence-electron chi connectivity index (χ1n) is 41.9. The third-order valence-corrected chi connectivity index (χ3v) is 20.3. The van der Waals surface area contributed by atoms with Gasteiger partial charge in [-0.25, -0.2) is 0 Å². The van der Waals surface area contributed by atoms with Gasteiger partial charge in [-0.05, 0) is 190 Å². The number of aromatic amines is 1. The van der Waals surface area contributed by atoms with Crippen LogP contribution in [0, 0.1) is 23.7 Å². The molecule has 1 aromatic carbocycles. The molecule has 17 amide bonds. The van der Waals surface area contributed by atoms with Crippen molar-refractivity contribution in [2.75, 3.05) is 57.8 Å². The molecular formula is C80H139N23O17S. The zero-order valence-electron chi connectivity index (χ0n) is 72.2. The van der Waals surface area contributed by atoms with Gasteiger partial charge in [-0.2, -0.15) is 11.8 Å². The SMILES string of the molecule is CC[C@H](C)[C@H](NC(=O)CNC(=O)[C@H](CCCCN)NC(=O)[C@H](CC(C)C)NC(=O)[C@H](CCSC)NC(=O)[C@H](CC(N)=O)NC(=O)[C@H](CCCCN)NC(=O)[C@H](Cc1c[nH]c2ccccc12)NC(=O)[C@H](CC(C)C)NC(=O)[C@H](C)N)C(=O)NCC(=O)N[C@@H](CCCCN)C(=O)N[C@@H](CC(C)C)C(=O)N[C@@H](C)C(=O)NCC(=O)N[C@@H](CCCCN)C(N)=O. The van der Waals surface area contributed by atoms with Crippen LogP contribution in [0.3, 0.4) is 0 Å². The van der Waals surface area contributed by atoms with Crippen LogP contribution in [0.4, 0.5) is 0 Å². The summed E-state index contributed by atoms with van der Waals surface area (Å²) in [4.78, 5) is 236. The van der Waals surface area contributed by atoms with Crippen molar-refractivity contribution in [2.24, 2.45) is 63.8 Å². The third kappa shape index (κ3) is 41.8. The van der Waals surface area contributed by atoms with Gasteiger partial charge in [0.15, 0.2) is 0 Å². The molecule has 1 aromatic heterocycles. The van der Waals surface area contributed by atoms with Gasteiger partial charge in [0, 0.05) is 23.5 Å². The Morgan fingerprint density at radius 3 is 1.18 bits per heavy atom. The summed E-state index contributed by atoms with van der Waals surface area (Å²) in [5, 5.41) is 39.7. The molecule has 0 unspecified atom stereocenters. The van der Waals surface area contributed by atoms with E-state index in [4.69, 9.17) is 40.1 Å². The van der Waals surface area contributed by atoms with Gasteiger partial charge < -0.3 is 125 Å². The molecule has 30 N–H and O–H groups in total. The summed E-state index contributed by atoms with van der Waals surface area (Å²) in [7, 11) is 0. The molecule has 0 spiro atoms. The fourth-order valence-electron chi connectivity index (χ4n) is 12.7. The number of benzene rings is 1. The highest BCUT2D eigenvalue weighted by molar-refractivity contribution is 7.98. The quantitative estimate of drug-likeness (QED) is 0.0281. The number of fused-ring (bicyclic) bond motifs is 1. The maximum atomic E-state index is 14.7. The maximum absolute atomic E-state index is 14.7. The fraction of sp³-hybridized carbons (Fsp3) is 0.688. The van der Waals surface area contributed by atoms with Crippen molar-refractivity contribution >= 4 is 123 Å². The number of para-hydroxylation sites is 1. The topological polar surface area (TPSA) is 669 Å². The van der Waals surface area contributed by atoms with E-state index in [1.807, 2.05) is 32.0 Å². The van der Waals surface area contributed by atoms with E-state index in [2.05, 4.69) is 84.7 Å². The zero-order valence-corrected chi connectivity index (χ0v) is 73.0. The van der Waals surface area contributed by atoms with Crippen LogP contribution in [-0.2, 0) is 87.9 Å². The summed E-state index contributed by atoms with van der Waals surface area (Å²) in [5.74, 6) is -14.8. The Hall–Kier alpha value is -10.1. The molecule has 121 heavy (non-hydrogen) atoms. The average molecular weight is 1730 g/mol. The van der Waals surface area contributed by atoms with Crippen LogP contribution < -0.4 is 120 Å². The molecule has 0 aliphatic carbocycles. The van der Waals surface area contributed by atoms with E-state index in [-0.39, 0.29) is 107 Å². The molecule has 0 saturated carbocycles. The zero-order chi connectivity index (χ0) is 91.0. The first-order valence-corrected chi connectivity index (χ1v) is 43.3. The predicted molar refractivity (Wildman–Crippen MR) is 459 cm³/mol. The van der Waals surface area contributed by atoms with Crippen LogP contribution in [-0.4, -0.2) is 242 Å².